The van der Waals surface area contributed by atoms with Gasteiger partial charge in [0.1, 0.15) is 0 Å². The predicted octanol–water partition coefficient (Wildman–Crippen LogP) is 6.34. The highest BCUT2D eigenvalue weighted by Crippen LogP contribution is 2.60. The van der Waals surface area contributed by atoms with Crippen LogP contribution in [-0.4, -0.2) is 33.1 Å². The summed E-state index contributed by atoms with van der Waals surface area (Å²) in [6, 6.07) is 0. The van der Waals surface area contributed by atoms with Crippen LogP contribution in [0.5, 0.6) is 0 Å². The second kappa shape index (κ2) is 9.39. The molecule has 3 rings (SSSR count). The van der Waals surface area contributed by atoms with E-state index in [1.54, 1.807) is 5.57 Å². The highest BCUT2D eigenvalue weighted by atomic mass is 16.3. The molecular weight excluding hydrogens is 396 g/mol. The van der Waals surface area contributed by atoms with Crippen LogP contribution in [0, 0.1) is 28.6 Å². The lowest BCUT2D eigenvalue weighted by Gasteiger charge is -2.44. The summed E-state index contributed by atoms with van der Waals surface area (Å²) in [5.41, 5.74) is 2.57. The maximum atomic E-state index is 10.7. The van der Waals surface area contributed by atoms with Gasteiger partial charge in [0, 0.05) is 5.41 Å². The molecule has 3 saturated carbocycles. The molecule has 3 nitrogen and oxygen atoms in total. The van der Waals surface area contributed by atoms with Crippen LogP contribution in [0.4, 0.5) is 0 Å². The number of rotatable bonds is 6. The van der Waals surface area contributed by atoms with E-state index < -0.39 is 23.2 Å². The number of hydrogen-bond donors (Lipinski definition) is 3. The first-order valence-electron chi connectivity index (χ1n) is 12.9. The summed E-state index contributed by atoms with van der Waals surface area (Å²) in [6.45, 7) is 16.8. The summed E-state index contributed by atoms with van der Waals surface area (Å²) in [5, 5.41) is 31.3. The van der Waals surface area contributed by atoms with Gasteiger partial charge in [0.2, 0.25) is 0 Å². The van der Waals surface area contributed by atoms with Crippen molar-refractivity contribution in [2.24, 2.45) is 28.6 Å². The Balaban J connectivity index is 1.72. The number of hydrogen-bond acceptors (Lipinski definition) is 3. The second-order valence-electron chi connectivity index (χ2n) is 12.7. The molecule has 32 heavy (non-hydrogen) atoms. The van der Waals surface area contributed by atoms with E-state index in [4.69, 9.17) is 0 Å². The van der Waals surface area contributed by atoms with Gasteiger partial charge in [-0.25, -0.2) is 0 Å². The Kier molecular flexibility index (Phi) is 7.55. The highest BCUT2D eigenvalue weighted by Gasteiger charge is 2.50. The second-order valence-corrected chi connectivity index (χ2v) is 12.7. The Bertz CT molecular complexity index is 753. The van der Waals surface area contributed by atoms with Crippen LogP contribution in [0.15, 0.2) is 35.5 Å². The van der Waals surface area contributed by atoms with E-state index in [2.05, 4.69) is 32.6 Å². The maximum absolute atomic E-state index is 10.7. The predicted molar refractivity (Wildman–Crippen MR) is 133 cm³/mol. The molecular formula is C29H48O3. The third-order valence-electron chi connectivity index (χ3n) is 9.39. The minimum Gasteiger partial charge on any atom is -0.392 e. The number of aliphatic hydroxyl groups is 3. The van der Waals surface area contributed by atoms with Crippen molar-refractivity contribution < 1.29 is 15.3 Å². The first-order chi connectivity index (χ1) is 14.8. The molecule has 182 valence electrons. The van der Waals surface area contributed by atoms with Gasteiger partial charge in [0.05, 0.1) is 17.8 Å². The van der Waals surface area contributed by atoms with E-state index in [1.165, 1.54) is 32.1 Å². The van der Waals surface area contributed by atoms with E-state index in [9.17, 15) is 15.3 Å². The lowest BCUT2D eigenvalue weighted by Crippen LogP contribution is -2.45. The van der Waals surface area contributed by atoms with Gasteiger partial charge < -0.3 is 15.3 Å². The Labute approximate surface area is 196 Å². The van der Waals surface area contributed by atoms with E-state index >= 15 is 0 Å². The van der Waals surface area contributed by atoms with E-state index in [-0.39, 0.29) is 0 Å². The van der Waals surface area contributed by atoms with Gasteiger partial charge >= 0.3 is 0 Å². The molecule has 0 saturated heterocycles. The molecule has 3 aliphatic rings. The summed E-state index contributed by atoms with van der Waals surface area (Å²) in [6.07, 6.45) is 13.2. The fourth-order valence-electron chi connectivity index (χ4n) is 7.06. The summed E-state index contributed by atoms with van der Waals surface area (Å²) in [4.78, 5) is 0. The molecule has 3 fully saturated rings. The molecule has 3 N–H and O–H groups in total. The average molecular weight is 445 g/mol. The van der Waals surface area contributed by atoms with Crippen molar-refractivity contribution in [1.82, 2.24) is 0 Å². The van der Waals surface area contributed by atoms with Crippen molar-refractivity contribution in [3.63, 3.8) is 0 Å². The summed E-state index contributed by atoms with van der Waals surface area (Å²) in [7, 11) is 0. The molecule has 0 bridgehead atoms. The first kappa shape index (κ1) is 25.7. The van der Waals surface area contributed by atoms with Crippen molar-refractivity contribution in [3.05, 3.63) is 35.5 Å². The van der Waals surface area contributed by atoms with Crippen LogP contribution in [0.1, 0.15) is 99.3 Å². The van der Waals surface area contributed by atoms with Crippen LogP contribution in [0.2, 0.25) is 0 Å². The van der Waals surface area contributed by atoms with Crippen molar-refractivity contribution in [2.45, 2.75) is 117 Å². The summed E-state index contributed by atoms with van der Waals surface area (Å²) in [5.74, 6) is 2.08. The minimum atomic E-state index is -0.701. The molecule has 0 spiro atoms. The molecule has 0 aromatic heterocycles. The van der Waals surface area contributed by atoms with Gasteiger partial charge in [-0.15, -0.1) is 0 Å². The first-order valence-corrected chi connectivity index (χ1v) is 12.9. The van der Waals surface area contributed by atoms with Crippen LogP contribution >= 0.6 is 0 Å². The smallest absolute Gasteiger partial charge is 0.0862 e. The molecule has 0 unspecified atom stereocenters. The van der Waals surface area contributed by atoms with Gasteiger partial charge in [0.15, 0.2) is 0 Å². The molecule has 0 amide bonds. The zero-order chi connectivity index (χ0) is 23.9. The van der Waals surface area contributed by atoms with Crippen LogP contribution in [0.25, 0.3) is 0 Å². The summed E-state index contributed by atoms with van der Waals surface area (Å²) >= 11 is 0. The standard InChI is InChI=1S/C29H48O3/c1-19(10-8-16-27(3,4)32)23-14-15-24-21(11-9-17-29(23,24)7)12-13-22-18-25(30)28(5,6)26(31)20(22)2/h12-13,19,23-26,30-32H,2,8-11,14-18H2,1,3-7H3/b21-12+,22-13-/t19-,23-,24+,25+,26+,29-/m1/s1. The van der Waals surface area contributed by atoms with Crippen LogP contribution in [0.3, 0.4) is 0 Å². The van der Waals surface area contributed by atoms with Gasteiger partial charge in [-0.05, 0) is 93.1 Å². The number of aliphatic hydroxyl groups excluding tert-OH is 2. The molecule has 0 aromatic carbocycles. The van der Waals surface area contributed by atoms with Gasteiger partial charge in [0.25, 0.3) is 0 Å². The lowest BCUT2D eigenvalue weighted by molar-refractivity contribution is -0.0404. The van der Waals surface area contributed by atoms with Crippen LogP contribution < -0.4 is 0 Å². The fraction of sp³-hybridized carbons (Fsp3) is 0.793. The van der Waals surface area contributed by atoms with E-state index in [0.29, 0.717) is 23.7 Å². The molecule has 3 heteroatoms. The fourth-order valence-corrected chi connectivity index (χ4v) is 7.06. The SMILES string of the molecule is C=C1/C(=C\C=C2/CCC[C@]3(C)[C@@H]([C@H](C)CCCC(C)(C)O)CC[C@@H]23)C[C@H](O)C(C)(C)[C@H]1O. The molecule has 0 heterocycles. The molecule has 0 aliphatic heterocycles. The lowest BCUT2D eigenvalue weighted by atomic mass is 9.60. The van der Waals surface area contributed by atoms with Crippen LogP contribution in [-0.2, 0) is 0 Å². The van der Waals surface area contributed by atoms with E-state index in [0.717, 1.165) is 36.3 Å². The summed E-state index contributed by atoms with van der Waals surface area (Å²) < 4.78 is 0. The zero-order valence-corrected chi connectivity index (χ0v) is 21.5. The molecule has 3 aliphatic carbocycles. The van der Waals surface area contributed by atoms with Gasteiger partial charge in [-0.2, -0.15) is 0 Å². The Hall–Kier alpha value is -0.900. The average Bonchev–Trinajstić information content (AvgIpc) is 3.05. The van der Waals surface area contributed by atoms with Gasteiger partial charge in [-0.3, -0.25) is 0 Å². The monoisotopic (exact) mass is 444 g/mol. The van der Waals surface area contributed by atoms with E-state index in [1.807, 2.05) is 27.7 Å². The van der Waals surface area contributed by atoms with Crippen molar-refractivity contribution >= 4 is 0 Å². The number of allylic oxidation sites excluding steroid dienone is 3. The Morgan fingerprint density at radius 2 is 1.84 bits per heavy atom. The van der Waals surface area contributed by atoms with Crippen molar-refractivity contribution in [1.29, 1.82) is 0 Å². The topological polar surface area (TPSA) is 60.7 Å². The molecule has 0 aromatic rings. The van der Waals surface area contributed by atoms with Gasteiger partial charge in [-0.1, -0.05) is 64.8 Å². The van der Waals surface area contributed by atoms with Crippen molar-refractivity contribution in [2.75, 3.05) is 0 Å². The zero-order valence-electron chi connectivity index (χ0n) is 21.5. The third-order valence-corrected chi connectivity index (χ3v) is 9.39. The minimum absolute atomic E-state index is 0.362. The molecule has 6 atom stereocenters. The van der Waals surface area contributed by atoms with Crippen molar-refractivity contribution in [3.8, 4) is 0 Å². The Morgan fingerprint density at radius 1 is 1.16 bits per heavy atom. The molecule has 0 radical (unpaired) electrons. The number of fused-ring (bicyclic) bond motifs is 1. The normalized spacial score (nSPS) is 38.8. The third kappa shape index (κ3) is 5.10. The Morgan fingerprint density at radius 3 is 2.50 bits per heavy atom. The largest absolute Gasteiger partial charge is 0.392 e. The highest BCUT2D eigenvalue weighted by molar-refractivity contribution is 5.40. The maximum Gasteiger partial charge on any atom is 0.0862 e. The quantitative estimate of drug-likeness (QED) is 0.448.